The average Bonchev–Trinajstić information content (AvgIpc) is 2.67. The molecule has 1 saturated heterocycles. The second-order valence-corrected chi connectivity index (χ2v) is 9.22. The van der Waals surface area contributed by atoms with Gasteiger partial charge in [-0.15, -0.1) is 0 Å². The van der Waals surface area contributed by atoms with Crippen molar-refractivity contribution in [3.63, 3.8) is 0 Å². The van der Waals surface area contributed by atoms with E-state index < -0.39 is 15.8 Å². The van der Waals surface area contributed by atoms with E-state index in [2.05, 4.69) is 0 Å². The Labute approximate surface area is 169 Å². The van der Waals surface area contributed by atoms with Crippen LogP contribution in [-0.2, 0) is 10.2 Å². The number of nitrogens with two attached hydrogens (primary N) is 1. The van der Waals surface area contributed by atoms with Crippen LogP contribution in [0.4, 0.5) is 0 Å². The minimum Gasteiger partial charge on any atom is -0.486 e. The number of hydrogen-bond acceptors (Lipinski definition) is 5. The van der Waals surface area contributed by atoms with Crippen LogP contribution in [0, 0.1) is 0 Å². The van der Waals surface area contributed by atoms with Gasteiger partial charge in [0.15, 0.2) is 11.6 Å². The molecule has 29 heavy (non-hydrogen) atoms. The first kappa shape index (κ1) is 19.8. The van der Waals surface area contributed by atoms with Crippen molar-refractivity contribution in [3.05, 3.63) is 53.6 Å². The molecule has 0 saturated carbocycles. The molecule has 152 valence electrons. The van der Waals surface area contributed by atoms with Gasteiger partial charge >= 0.3 is 0 Å². The predicted octanol–water partition coefficient (Wildman–Crippen LogP) is 2.56. The van der Waals surface area contributed by atoms with Gasteiger partial charge < -0.3 is 4.74 Å². The van der Waals surface area contributed by atoms with Crippen LogP contribution in [0.2, 0.25) is 0 Å². The van der Waals surface area contributed by atoms with Crippen LogP contribution < -0.4 is 9.88 Å². The van der Waals surface area contributed by atoms with Gasteiger partial charge in [0.25, 0.3) is 10.2 Å². The lowest BCUT2D eigenvalue weighted by Gasteiger charge is -2.43. The summed E-state index contributed by atoms with van der Waals surface area (Å²) in [5, 5.41) is 5.20. The maximum Gasteiger partial charge on any atom is 0.276 e. The van der Waals surface area contributed by atoms with Gasteiger partial charge in [0.2, 0.25) is 0 Å². The summed E-state index contributed by atoms with van der Waals surface area (Å²) in [5.41, 5.74) is 2.26. The molecule has 1 spiro atoms. The van der Waals surface area contributed by atoms with Crippen LogP contribution in [0.1, 0.15) is 46.9 Å². The molecule has 0 atom stereocenters. The highest BCUT2D eigenvalue weighted by atomic mass is 32.2. The zero-order valence-electron chi connectivity index (χ0n) is 16.1. The van der Waals surface area contributed by atoms with E-state index >= 15 is 0 Å². The SMILES string of the molecule is CC(=O)c1ccc(-c2ccc3c(c2)C(=O)CC2(CCN(S(N)(=O)=O)CC2)O3)cc1. The number of rotatable bonds is 3. The number of nitrogens with zero attached hydrogens (tertiary/aromatic N) is 1. The van der Waals surface area contributed by atoms with Crippen LogP contribution in [0.25, 0.3) is 11.1 Å². The lowest BCUT2D eigenvalue weighted by atomic mass is 9.82. The summed E-state index contributed by atoms with van der Waals surface area (Å²) in [5.74, 6) is 0.510. The first-order chi connectivity index (χ1) is 13.7. The first-order valence-electron chi connectivity index (χ1n) is 9.42. The van der Waals surface area contributed by atoms with Crippen molar-refractivity contribution in [2.75, 3.05) is 13.1 Å². The normalized spacial score (nSPS) is 18.9. The van der Waals surface area contributed by atoms with Crippen molar-refractivity contribution in [2.24, 2.45) is 5.14 Å². The molecule has 2 aromatic carbocycles. The molecule has 4 rings (SSSR count). The number of ether oxygens (including phenoxy) is 1. The molecule has 2 heterocycles. The van der Waals surface area contributed by atoms with E-state index in [-0.39, 0.29) is 31.1 Å². The smallest absolute Gasteiger partial charge is 0.276 e. The van der Waals surface area contributed by atoms with Crippen LogP contribution in [0.3, 0.4) is 0 Å². The van der Waals surface area contributed by atoms with Crippen molar-refractivity contribution in [1.82, 2.24) is 4.31 Å². The number of carbonyl (C=O) groups is 2. The number of fused-ring (bicyclic) bond motifs is 1. The fourth-order valence-electron chi connectivity index (χ4n) is 4.00. The summed E-state index contributed by atoms with van der Waals surface area (Å²) >= 11 is 0. The Bertz CT molecular complexity index is 1080. The van der Waals surface area contributed by atoms with Gasteiger partial charge in [-0.1, -0.05) is 30.3 Å². The molecule has 0 bridgehead atoms. The summed E-state index contributed by atoms with van der Waals surface area (Å²) in [7, 11) is -3.73. The van der Waals surface area contributed by atoms with Crippen molar-refractivity contribution < 1.29 is 22.7 Å². The topological polar surface area (TPSA) is 107 Å². The van der Waals surface area contributed by atoms with E-state index in [0.717, 1.165) is 11.1 Å². The molecule has 7 nitrogen and oxygen atoms in total. The fourth-order valence-corrected chi connectivity index (χ4v) is 4.69. The molecule has 8 heteroatoms. The quantitative estimate of drug-likeness (QED) is 0.777. The Kier molecular flexibility index (Phi) is 4.80. The average molecular weight is 414 g/mol. The molecule has 1 fully saturated rings. The number of ketones is 2. The Morgan fingerprint density at radius 1 is 1.07 bits per heavy atom. The Morgan fingerprint density at radius 3 is 2.28 bits per heavy atom. The van der Waals surface area contributed by atoms with Gasteiger partial charge in [-0.25, -0.2) is 5.14 Å². The molecular formula is C21H22N2O5S. The molecule has 2 N–H and O–H groups in total. The van der Waals surface area contributed by atoms with Crippen molar-refractivity contribution in [3.8, 4) is 16.9 Å². The number of benzene rings is 2. The fraction of sp³-hybridized carbons (Fsp3) is 0.333. The monoisotopic (exact) mass is 414 g/mol. The molecule has 0 amide bonds. The predicted molar refractivity (Wildman–Crippen MR) is 108 cm³/mol. The van der Waals surface area contributed by atoms with E-state index in [1.807, 2.05) is 24.3 Å². The first-order valence-corrected chi connectivity index (χ1v) is 10.9. The highest BCUT2D eigenvalue weighted by molar-refractivity contribution is 7.86. The molecule has 2 aliphatic rings. The lowest BCUT2D eigenvalue weighted by molar-refractivity contribution is 0.00593. The molecule has 0 unspecified atom stereocenters. The van der Waals surface area contributed by atoms with E-state index in [4.69, 9.17) is 9.88 Å². The minimum absolute atomic E-state index is 0.00403. The summed E-state index contributed by atoms with van der Waals surface area (Å²) in [4.78, 5) is 24.3. The Morgan fingerprint density at radius 2 is 1.69 bits per heavy atom. The van der Waals surface area contributed by atoms with Gasteiger partial charge in [-0.2, -0.15) is 12.7 Å². The van der Waals surface area contributed by atoms with E-state index in [1.165, 1.54) is 11.2 Å². The largest absolute Gasteiger partial charge is 0.486 e. The summed E-state index contributed by atoms with van der Waals surface area (Å²) in [6.07, 6.45) is 1.05. The van der Waals surface area contributed by atoms with Crippen LogP contribution >= 0.6 is 0 Å². The molecule has 2 aliphatic heterocycles. The van der Waals surface area contributed by atoms with Gasteiger partial charge in [-0.3, -0.25) is 9.59 Å². The maximum absolute atomic E-state index is 12.9. The number of piperidine rings is 1. The van der Waals surface area contributed by atoms with Crippen molar-refractivity contribution >= 4 is 21.8 Å². The van der Waals surface area contributed by atoms with Crippen LogP contribution in [-0.4, -0.2) is 43.0 Å². The molecule has 0 aliphatic carbocycles. The van der Waals surface area contributed by atoms with Crippen molar-refractivity contribution in [1.29, 1.82) is 0 Å². The highest BCUT2D eigenvalue weighted by Gasteiger charge is 2.44. The summed E-state index contributed by atoms with van der Waals surface area (Å²) in [6, 6.07) is 12.7. The van der Waals surface area contributed by atoms with Gasteiger partial charge in [-0.05, 0) is 30.2 Å². The summed E-state index contributed by atoms with van der Waals surface area (Å²) < 4.78 is 30.5. The molecular weight excluding hydrogens is 392 g/mol. The minimum atomic E-state index is -3.73. The standard InChI is InChI=1S/C21H22N2O5S/c1-14(24)15-2-4-16(5-3-15)17-6-7-20-18(12-17)19(25)13-21(28-20)8-10-23(11-9-21)29(22,26)27/h2-7,12H,8-11,13H2,1H3,(H2,22,26,27). The number of Topliss-reactive ketones (excluding diaryl/α,β-unsaturated/α-hetero) is 2. The van der Waals surface area contributed by atoms with Crippen LogP contribution in [0.5, 0.6) is 5.75 Å². The van der Waals surface area contributed by atoms with E-state index in [9.17, 15) is 18.0 Å². The molecule has 0 radical (unpaired) electrons. The third-order valence-corrected chi connectivity index (χ3v) is 6.79. The Hall–Kier alpha value is -2.55. The Balaban J connectivity index is 1.57. The van der Waals surface area contributed by atoms with E-state index in [1.54, 1.807) is 18.2 Å². The number of carbonyl (C=O) groups excluding carboxylic acids is 2. The van der Waals surface area contributed by atoms with Crippen molar-refractivity contribution in [2.45, 2.75) is 31.8 Å². The van der Waals surface area contributed by atoms with Gasteiger partial charge in [0.05, 0.1) is 12.0 Å². The maximum atomic E-state index is 12.9. The zero-order chi connectivity index (χ0) is 20.8. The molecule has 0 aromatic heterocycles. The number of hydrogen-bond donors (Lipinski definition) is 1. The second-order valence-electron chi connectivity index (χ2n) is 7.67. The zero-order valence-corrected chi connectivity index (χ0v) is 16.9. The second kappa shape index (κ2) is 7.05. The third-order valence-electron chi connectivity index (χ3n) is 5.71. The third kappa shape index (κ3) is 3.83. The van der Waals surface area contributed by atoms with Crippen LogP contribution in [0.15, 0.2) is 42.5 Å². The van der Waals surface area contributed by atoms with Gasteiger partial charge in [0.1, 0.15) is 11.4 Å². The molecule has 2 aromatic rings. The highest BCUT2D eigenvalue weighted by Crippen LogP contribution is 2.41. The lowest BCUT2D eigenvalue weighted by Crippen LogP contribution is -2.53. The van der Waals surface area contributed by atoms with Gasteiger partial charge in [0, 0.05) is 31.5 Å². The summed E-state index contributed by atoms with van der Waals surface area (Å²) in [6.45, 7) is 2.00. The van der Waals surface area contributed by atoms with E-state index in [0.29, 0.717) is 29.7 Å².